The minimum absolute atomic E-state index is 0.0751. The first-order valence-corrected chi connectivity index (χ1v) is 15.8. The van der Waals surface area contributed by atoms with E-state index >= 15 is 0 Å². The molecule has 3 heterocycles. The lowest BCUT2D eigenvalue weighted by molar-refractivity contribution is -0.152. The van der Waals surface area contributed by atoms with Crippen molar-refractivity contribution in [2.45, 2.75) is 95.2 Å². The molecule has 1 unspecified atom stereocenters. The van der Waals surface area contributed by atoms with E-state index in [0.29, 0.717) is 25.8 Å². The fourth-order valence-corrected chi connectivity index (χ4v) is 7.23. The highest BCUT2D eigenvalue weighted by Crippen LogP contribution is 2.59. The molecule has 1 aromatic carbocycles. The van der Waals surface area contributed by atoms with Crippen molar-refractivity contribution in [2.24, 2.45) is 11.8 Å². The Morgan fingerprint density at radius 1 is 1.23 bits per heavy atom. The molecule has 8 atom stereocenters. The van der Waals surface area contributed by atoms with E-state index in [4.69, 9.17) is 9.47 Å². The van der Waals surface area contributed by atoms with Gasteiger partial charge in [0.1, 0.15) is 18.2 Å². The molecule has 3 fully saturated rings. The third-order valence-electron chi connectivity index (χ3n) is 9.34. The number of aliphatic hydroxyl groups is 1. The van der Waals surface area contributed by atoms with E-state index in [1.54, 1.807) is 24.0 Å². The van der Waals surface area contributed by atoms with Crippen molar-refractivity contribution in [3.8, 4) is 0 Å². The van der Waals surface area contributed by atoms with E-state index in [1.165, 1.54) is 4.90 Å². The summed E-state index contributed by atoms with van der Waals surface area (Å²) in [5, 5.41) is 13.2. The Morgan fingerprint density at radius 2 is 1.95 bits per heavy atom. The second kappa shape index (κ2) is 14.5. The minimum Gasteiger partial charge on any atom is -0.463 e. The Bertz CT molecular complexity index is 1220. The van der Waals surface area contributed by atoms with Gasteiger partial charge in [-0.05, 0) is 45.1 Å². The number of amides is 3. The number of benzene rings is 1. The highest BCUT2D eigenvalue weighted by molar-refractivity contribution is 5.99. The monoisotopic (exact) mass is 609 g/mol. The molecule has 10 nitrogen and oxygen atoms in total. The topological polar surface area (TPSA) is 125 Å². The number of aliphatic hydroxyl groups excluding tert-OH is 1. The number of fused-ring (bicyclic) bond motifs is 1. The SMILES string of the molecule is C=CCCC(=O)OC[C@H](NC(=O)[C@@H]1[C@H]2C(=O)N([C@H](C)CO)[C@H](C(=O)N(CC=C)C(C)CCC)[C@]23CC[C@H]1O3)c1ccccc1. The highest BCUT2D eigenvalue weighted by atomic mass is 16.5. The first kappa shape index (κ1) is 33.4. The van der Waals surface area contributed by atoms with E-state index in [2.05, 4.69) is 25.4 Å². The molecule has 0 aliphatic carbocycles. The average molecular weight is 610 g/mol. The normalized spacial score (nSPS) is 27.3. The van der Waals surface area contributed by atoms with Gasteiger partial charge in [0.05, 0.1) is 36.6 Å². The van der Waals surface area contributed by atoms with Crippen LogP contribution in [0.1, 0.15) is 70.9 Å². The van der Waals surface area contributed by atoms with Crippen LogP contribution in [0.15, 0.2) is 55.6 Å². The Labute approximate surface area is 260 Å². The van der Waals surface area contributed by atoms with Crippen molar-refractivity contribution in [3.63, 3.8) is 0 Å². The van der Waals surface area contributed by atoms with Gasteiger partial charge in [0, 0.05) is 19.0 Å². The van der Waals surface area contributed by atoms with Gasteiger partial charge in [-0.3, -0.25) is 19.2 Å². The van der Waals surface area contributed by atoms with E-state index in [-0.39, 0.29) is 37.5 Å². The molecule has 0 saturated carbocycles. The molecule has 3 amide bonds. The average Bonchev–Trinajstić information content (AvgIpc) is 3.67. The molecule has 2 bridgehead atoms. The summed E-state index contributed by atoms with van der Waals surface area (Å²) in [6, 6.07) is 6.84. The molecular formula is C34H47N3O7. The molecule has 0 aromatic heterocycles. The fourth-order valence-electron chi connectivity index (χ4n) is 7.23. The summed E-state index contributed by atoms with van der Waals surface area (Å²) >= 11 is 0. The molecule has 3 aliphatic rings. The number of esters is 1. The fraction of sp³-hybridized carbons (Fsp3) is 0.588. The largest absolute Gasteiger partial charge is 0.463 e. The van der Waals surface area contributed by atoms with Crippen LogP contribution in [0.4, 0.5) is 0 Å². The lowest BCUT2D eigenvalue weighted by Crippen LogP contribution is -2.59. The van der Waals surface area contributed by atoms with Crippen molar-refractivity contribution in [2.75, 3.05) is 19.8 Å². The number of rotatable bonds is 16. The number of carbonyl (C=O) groups is 4. The van der Waals surface area contributed by atoms with Crippen LogP contribution in [-0.2, 0) is 28.7 Å². The summed E-state index contributed by atoms with van der Waals surface area (Å²) in [5.74, 6) is -3.13. The Morgan fingerprint density at radius 3 is 2.59 bits per heavy atom. The maximum absolute atomic E-state index is 14.4. The van der Waals surface area contributed by atoms with E-state index in [9.17, 15) is 24.3 Å². The number of hydrogen-bond acceptors (Lipinski definition) is 7. The van der Waals surface area contributed by atoms with Gasteiger partial charge in [-0.2, -0.15) is 0 Å². The molecule has 1 spiro atoms. The van der Waals surface area contributed by atoms with Gasteiger partial charge in [0.25, 0.3) is 0 Å². The second-order valence-corrected chi connectivity index (χ2v) is 12.2. The van der Waals surface area contributed by atoms with Crippen LogP contribution in [0, 0.1) is 11.8 Å². The first-order chi connectivity index (χ1) is 21.1. The molecule has 3 saturated heterocycles. The lowest BCUT2D eigenvalue weighted by atomic mass is 9.70. The summed E-state index contributed by atoms with van der Waals surface area (Å²) in [5.41, 5.74) is -0.433. The quantitative estimate of drug-likeness (QED) is 0.218. The number of likely N-dealkylation sites (tertiary alicyclic amines) is 1. The van der Waals surface area contributed by atoms with Gasteiger partial charge in [-0.25, -0.2) is 0 Å². The van der Waals surface area contributed by atoms with Gasteiger partial charge >= 0.3 is 5.97 Å². The minimum atomic E-state index is -1.19. The van der Waals surface area contributed by atoms with Crippen LogP contribution in [-0.4, -0.2) is 88.2 Å². The van der Waals surface area contributed by atoms with Crippen molar-refractivity contribution in [1.82, 2.24) is 15.1 Å². The zero-order valence-corrected chi connectivity index (χ0v) is 26.2. The maximum Gasteiger partial charge on any atom is 0.306 e. The van der Waals surface area contributed by atoms with Crippen LogP contribution in [0.3, 0.4) is 0 Å². The predicted molar refractivity (Wildman–Crippen MR) is 165 cm³/mol. The van der Waals surface area contributed by atoms with Crippen molar-refractivity contribution in [3.05, 3.63) is 61.2 Å². The number of nitrogens with one attached hydrogen (secondary N) is 1. The summed E-state index contributed by atoms with van der Waals surface area (Å²) in [7, 11) is 0. The van der Waals surface area contributed by atoms with Crippen LogP contribution in [0.2, 0.25) is 0 Å². The van der Waals surface area contributed by atoms with Gasteiger partial charge in [0.2, 0.25) is 17.7 Å². The zero-order chi connectivity index (χ0) is 32.0. The Kier molecular flexibility index (Phi) is 11.0. The highest BCUT2D eigenvalue weighted by Gasteiger charge is 2.75. The second-order valence-electron chi connectivity index (χ2n) is 12.2. The third kappa shape index (κ3) is 6.33. The van der Waals surface area contributed by atoms with Crippen LogP contribution in [0.25, 0.3) is 0 Å². The molecule has 1 aromatic rings. The third-order valence-corrected chi connectivity index (χ3v) is 9.34. The summed E-state index contributed by atoms with van der Waals surface area (Å²) in [6.07, 6.45) is 6.07. The Balaban J connectivity index is 1.64. The number of ether oxygens (including phenoxy) is 2. The van der Waals surface area contributed by atoms with Gasteiger partial charge < -0.3 is 29.7 Å². The van der Waals surface area contributed by atoms with Crippen molar-refractivity contribution >= 4 is 23.7 Å². The lowest BCUT2D eigenvalue weighted by Gasteiger charge is -2.40. The molecule has 240 valence electrons. The van der Waals surface area contributed by atoms with E-state index in [0.717, 1.165) is 18.4 Å². The van der Waals surface area contributed by atoms with Crippen LogP contribution < -0.4 is 5.32 Å². The van der Waals surface area contributed by atoms with Crippen LogP contribution >= 0.6 is 0 Å². The van der Waals surface area contributed by atoms with Gasteiger partial charge in [-0.1, -0.05) is 55.8 Å². The number of allylic oxidation sites excluding steroid dienone is 1. The standard InChI is InChI=1S/C34H47N3O7/c1-6-9-16-27(39)43-21-25(24-14-11-10-12-15-24)35-31(40)28-26-17-18-34(44-26)29(28)32(41)37(23(5)20-38)30(34)33(42)36(19-8-3)22(4)13-7-2/h6,8,10-12,14-15,22-23,25-26,28-30,38H,1,3,7,9,13,16-21H2,2,4-5H3,(H,35,40)/t22?,23-,25+,26-,28+,29+,30-,34+/m1/s1. The zero-order valence-electron chi connectivity index (χ0n) is 26.2. The molecule has 0 radical (unpaired) electrons. The summed E-state index contributed by atoms with van der Waals surface area (Å²) < 4.78 is 12.1. The Hall–Kier alpha value is -3.50. The summed E-state index contributed by atoms with van der Waals surface area (Å²) in [6.45, 7) is 13.1. The summed E-state index contributed by atoms with van der Waals surface area (Å²) in [4.78, 5) is 58.2. The molecule has 4 rings (SSSR count). The van der Waals surface area contributed by atoms with Crippen molar-refractivity contribution in [1.29, 1.82) is 0 Å². The van der Waals surface area contributed by atoms with Gasteiger partial charge in [-0.15, -0.1) is 13.2 Å². The smallest absolute Gasteiger partial charge is 0.306 e. The number of carbonyl (C=O) groups excluding carboxylic acids is 4. The van der Waals surface area contributed by atoms with E-state index < -0.39 is 53.5 Å². The molecule has 3 aliphatic heterocycles. The maximum atomic E-state index is 14.4. The molecule has 44 heavy (non-hydrogen) atoms. The first-order valence-electron chi connectivity index (χ1n) is 15.8. The van der Waals surface area contributed by atoms with Crippen LogP contribution in [0.5, 0.6) is 0 Å². The molecule has 10 heteroatoms. The van der Waals surface area contributed by atoms with Crippen molar-refractivity contribution < 1.29 is 33.8 Å². The number of hydrogen-bond donors (Lipinski definition) is 2. The number of nitrogens with zero attached hydrogens (tertiary/aromatic N) is 2. The van der Waals surface area contributed by atoms with E-state index in [1.807, 2.05) is 37.3 Å². The predicted octanol–water partition coefficient (Wildman–Crippen LogP) is 3.31. The molecule has 2 N–H and O–H groups in total. The van der Waals surface area contributed by atoms with Gasteiger partial charge in [0.15, 0.2) is 0 Å². The molecular weight excluding hydrogens is 562 g/mol.